The van der Waals surface area contributed by atoms with Crippen molar-refractivity contribution in [3.05, 3.63) is 30.1 Å². The van der Waals surface area contributed by atoms with Crippen molar-refractivity contribution < 1.29 is 5.11 Å². The van der Waals surface area contributed by atoms with Gasteiger partial charge in [0.1, 0.15) is 0 Å². The molecule has 4 heteroatoms. The summed E-state index contributed by atoms with van der Waals surface area (Å²) in [6, 6.07) is 5.03. The van der Waals surface area contributed by atoms with Gasteiger partial charge in [0.05, 0.1) is 0 Å². The first-order chi connectivity index (χ1) is 8.78. The number of hydrogen-bond acceptors (Lipinski definition) is 4. The summed E-state index contributed by atoms with van der Waals surface area (Å²) in [7, 11) is 0. The second-order valence-electron chi connectivity index (χ2n) is 5.16. The summed E-state index contributed by atoms with van der Waals surface area (Å²) in [5, 5.41) is 12.7. The predicted octanol–water partition coefficient (Wildman–Crippen LogP) is 1.02. The van der Waals surface area contributed by atoms with E-state index in [0.717, 1.165) is 32.5 Å². The molecule has 1 aliphatic rings. The molecule has 0 spiro atoms. The van der Waals surface area contributed by atoms with E-state index >= 15 is 0 Å². The fourth-order valence-corrected chi connectivity index (χ4v) is 2.54. The van der Waals surface area contributed by atoms with Gasteiger partial charge >= 0.3 is 0 Å². The Kier molecular flexibility index (Phi) is 5.11. The highest BCUT2D eigenvalue weighted by Crippen LogP contribution is 2.11. The van der Waals surface area contributed by atoms with Gasteiger partial charge in [-0.3, -0.25) is 9.88 Å². The third-order valence-corrected chi connectivity index (χ3v) is 3.48. The zero-order valence-electron chi connectivity index (χ0n) is 11.0. The van der Waals surface area contributed by atoms with Crippen LogP contribution < -0.4 is 5.32 Å². The summed E-state index contributed by atoms with van der Waals surface area (Å²) in [6.07, 6.45) is 5.73. The summed E-state index contributed by atoms with van der Waals surface area (Å²) in [5.41, 5.74) is 1.26. The highest BCUT2D eigenvalue weighted by atomic mass is 16.3. The van der Waals surface area contributed by atoms with Gasteiger partial charge in [-0.1, -0.05) is 6.07 Å². The number of aromatic nitrogens is 1. The molecule has 1 aromatic rings. The average molecular weight is 249 g/mol. The van der Waals surface area contributed by atoms with Crippen LogP contribution in [0.25, 0.3) is 0 Å². The minimum Gasteiger partial charge on any atom is -0.396 e. The zero-order valence-corrected chi connectivity index (χ0v) is 11.0. The van der Waals surface area contributed by atoms with Crippen LogP contribution in [-0.2, 0) is 6.54 Å². The molecule has 2 heterocycles. The van der Waals surface area contributed by atoms with E-state index in [0.29, 0.717) is 12.1 Å². The van der Waals surface area contributed by atoms with Crippen LogP contribution in [0.1, 0.15) is 25.3 Å². The van der Waals surface area contributed by atoms with E-state index in [1.165, 1.54) is 5.56 Å². The summed E-state index contributed by atoms with van der Waals surface area (Å²) < 4.78 is 0. The van der Waals surface area contributed by atoms with Crippen LogP contribution in [0.4, 0.5) is 0 Å². The monoisotopic (exact) mass is 249 g/mol. The fraction of sp³-hybridized carbons (Fsp3) is 0.643. The van der Waals surface area contributed by atoms with Crippen LogP contribution in [0.15, 0.2) is 24.5 Å². The van der Waals surface area contributed by atoms with E-state index in [4.69, 9.17) is 5.11 Å². The van der Waals surface area contributed by atoms with E-state index < -0.39 is 0 Å². The van der Waals surface area contributed by atoms with E-state index in [2.05, 4.69) is 28.2 Å². The molecule has 1 saturated heterocycles. The van der Waals surface area contributed by atoms with Gasteiger partial charge in [0, 0.05) is 50.7 Å². The molecule has 1 fully saturated rings. The molecule has 0 aromatic carbocycles. The zero-order chi connectivity index (χ0) is 12.8. The second-order valence-corrected chi connectivity index (χ2v) is 5.16. The lowest BCUT2D eigenvalue weighted by molar-refractivity contribution is 0.222. The molecular formula is C14H23N3O. The van der Waals surface area contributed by atoms with Gasteiger partial charge in [-0.2, -0.15) is 0 Å². The normalized spacial score (nSPS) is 25.9. The molecule has 0 saturated carbocycles. The molecule has 2 atom stereocenters. The maximum absolute atomic E-state index is 9.10. The largest absolute Gasteiger partial charge is 0.396 e. The third kappa shape index (κ3) is 4.05. The third-order valence-electron chi connectivity index (χ3n) is 3.48. The number of hydrogen-bond donors (Lipinski definition) is 2. The molecule has 0 radical (unpaired) electrons. The Labute approximate surface area is 109 Å². The molecule has 2 N–H and O–H groups in total. The molecule has 100 valence electrons. The first kappa shape index (κ1) is 13.5. The molecule has 0 bridgehead atoms. The molecule has 4 nitrogen and oxygen atoms in total. The van der Waals surface area contributed by atoms with Gasteiger partial charge in [0.15, 0.2) is 0 Å². The molecule has 1 aromatic heterocycles. The molecule has 1 aliphatic heterocycles. The highest BCUT2D eigenvalue weighted by molar-refractivity contribution is 5.08. The van der Waals surface area contributed by atoms with Crippen molar-refractivity contribution in [2.24, 2.45) is 0 Å². The Morgan fingerprint density at radius 1 is 1.56 bits per heavy atom. The highest BCUT2D eigenvalue weighted by Gasteiger charge is 2.20. The number of pyridine rings is 1. The van der Waals surface area contributed by atoms with Gasteiger partial charge in [-0.15, -0.1) is 0 Å². The Morgan fingerprint density at radius 3 is 3.17 bits per heavy atom. The Bertz CT molecular complexity index is 344. The minimum atomic E-state index is 0.255. The van der Waals surface area contributed by atoms with Crippen molar-refractivity contribution in [3.8, 4) is 0 Å². The molecule has 18 heavy (non-hydrogen) atoms. The van der Waals surface area contributed by atoms with E-state index in [1.54, 1.807) is 0 Å². The maximum atomic E-state index is 9.10. The van der Waals surface area contributed by atoms with Crippen molar-refractivity contribution in [1.29, 1.82) is 0 Å². The maximum Gasteiger partial charge on any atom is 0.0446 e. The lowest BCUT2D eigenvalue weighted by Gasteiger charge is -2.24. The molecule has 0 amide bonds. The van der Waals surface area contributed by atoms with Gasteiger partial charge < -0.3 is 10.4 Å². The SMILES string of the molecule is CC1CCN(Cc2cccnc2)CC(CCO)N1. The Hall–Kier alpha value is -0.970. The number of aliphatic hydroxyl groups is 1. The smallest absolute Gasteiger partial charge is 0.0446 e. The van der Waals surface area contributed by atoms with Crippen molar-refractivity contribution in [3.63, 3.8) is 0 Å². The minimum absolute atomic E-state index is 0.255. The average Bonchev–Trinajstić information content (AvgIpc) is 2.53. The van der Waals surface area contributed by atoms with Crippen LogP contribution in [0.5, 0.6) is 0 Å². The molecule has 2 unspecified atom stereocenters. The second kappa shape index (κ2) is 6.83. The number of nitrogens with one attached hydrogen (secondary N) is 1. The number of rotatable bonds is 4. The van der Waals surface area contributed by atoms with Crippen molar-refractivity contribution in [1.82, 2.24) is 15.2 Å². The van der Waals surface area contributed by atoms with Gasteiger partial charge in [0.25, 0.3) is 0 Å². The molecule has 2 rings (SSSR count). The van der Waals surface area contributed by atoms with Crippen LogP contribution in [0, 0.1) is 0 Å². The van der Waals surface area contributed by atoms with Crippen LogP contribution in [0.2, 0.25) is 0 Å². The van der Waals surface area contributed by atoms with Gasteiger partial charge in [-0.25, -0.2) is 0 Å². The van der Waals surface area contributed by atoms with Crippen LogP contribution >= 0.6 is 0 Å². The van der Waals surface area contributed by atoms with E-state index in [1.807, 2.05) is 18.5 Å². The first-order valence-corrected chi connectivity index (χ1v) is 6.76. The predicted molar refractivity (Wildman–Crippen MR) is 72.2 cm³/mol. The lowest BCUT2D eigenvalue weighted by atomic mass is 10.2. The fourth-order valence-electron chi connectivity index (χ4n) is 2.54. The van der Waals surface area contributed by atoms with E-state index in [-0.39, 0.29) is 6.61 Å². The lowest BCUT2D eigenvalue weighted by Crippen LogP contribution is -2.40. The van der Waals surface area contributed by atoms with Crippen molar-refractivity contribution in [2.45, 2.75) is 38.4 Å². The summed E-state index contributed by atoms with van der Waals surface area (Å²) in [5.74, 6) is 0. The topological polar surface area (TPSA) is 48.4 Å². The Balaban J connectivity index is 1.94. The quantitative estimate of drug-likeness (QED) is 0.836. The Morgan fingerprint density at radius 2 is 2.44 bits per heavy atom. The number of nitrogens with zero attached hydrogens (tertiary/aromatic N) is 2. The number of aliphatic hydroxyl groups excluding tert-OH is 1. The first-order valence-electron chi connectivity index (χ1n) is 6.76. The van der Waals surface area contributed by atoms with Crippen LogP contribution in [0.3, 0.4) is 0 Å². The summed E-state index contributed by atoms with van der Waals surface area (Å²) in [4.78, 5) is 6.61. The van der Waals surface area contributed by atoms with Gasteiger partial charge in [-0.05, 0) is 31.4 Å². The van der Waals surface area contributed by atoms with Crippen molar-refractivity contribution >= 4 is 0 Å². The molecule has 0 aliphatic carbocycles. The summed E-state index contributed by atoms with van der Waals surface area (Å²) >= 11 is 0. The van der Waals surface area contributed by atoms with Crippen molar-refractivity contribution in [2.75, 3.05) is 19.7 Å². The summed E-state index contributed by atoms with van der Waals surface area (Å²) in [6.45, 7) is 5.53. The molecular weight excluding hydrogens is 226 g/mol. The standard InChI is InChI=1S/C14H23N3O/c1-12-4-7-17(11-14(16-12)5-8-18)10-13-3-2-6-15-9-13/h2-3,6,9,12,14,16,18H,4-5,7-8,10-11H2,1H3. The van der Waals surface area contributed by atoms with Gasteiger partial charge in [0.2, 0.25) is 0 Å². The van der Waals surface area contributed by atoms with Crippen LogP contribution in [-0.4, -0.2) is 46.8 Å². The van der Waals surface area contributed by atoms with E-state index in [9.17, 15) is 0 Å².